The van der Waals surface area contributed by atoms with Crippen LogP contribution in [-0.4, -0.2) is 15.9 Å². The molecule has 22 heavy (non-hydrogen) atoms. The van der Waals surface area contributed by atoms with Gasteiger partial charge >= 0.3 is 0 Å². The summed E-state index contributed by atoms with van der Waals surface area (Å²) < 4.78 is 0. The van der Waals surface area contributed by atoms with Crippen molar-refractivity contribution in [3.8, 4) is 0 Å². The minimum absolute atomic E-state index is 0.118. The van der Waals surface area contributed by atoms with Gasteiger partial charge in [0, 0.05) is 10.9 Å². The number of benzene rings is 2. The standard InChI is InChI=1S/C16H13ClN4O/c1-10-7-8-13-12(9-10)14(19-16(17)18-13)20-21-15(22)11-5-3-2-4-6-11/h2-9H,1H3,(H,21,22)(H,18,19,20). The molecule has 0 saturated heterocycles. The second kappa shape index (κ2) is 5.99. The van der Waals surface area contributed by atoms with Crippen molar-refractivity contribution in [3.63, 3.8) is 0 Å². The Labute approximate surface area is 132 Å². The van der Waals surface area contributed by atoms with Crippen LogP contribution in [0, 0.1) is 6.92 Å². The Morgan fingerprint density at radius 3 is 2.64 bits per heavy atom. The summed E-state index contributed by atoms with van der Waals surface area (Å²) in [6.07, 6.45) is 0. The predicted octanol–water partition coefficient (Wildman–Crippen LogP) is 3.35. The molecule has 1 aromatic heterocycles. The van der Waals surface area contributed by atoms with E-state index < -0.39 is 0 Å². The fourth-order valence-electron chi connectivity index (χ4n) is 2.09. The SMILES string of the molecule is Cc1ccc2nc(Cl)nc(NNC(=O)c3ccccc3)c2c1. The number of nitrogens with zero attached hydrogens (tertiary/aromatic N) is 2. The van der Waals surface area contributed by atoms with Gasteiger partial charge in [-0.25, -0.2) is 4.98 Å². The van der Waals surface area contributed by atoms with Gasteiger partial charge in [0.2, 0.25) is 5.28 Å². The highest BCUT2D eigenvalue weighted by Crippen LogP contribution is 2.22. The number of hydrogen-bond donors (Lipinski definition) is 2. The third kappa shape index (κ3) is 2.99. The molecular formula is C16H13ClN4O. The van der Waals surface area contributed by atoms with Gasteiger partial charge < -0.3 is 0 Å². The summed E-state index contributed by atoms with van der Waals surface area (Å²) in [6, 6.07) is 14.6. The first-order chi connectivity index (χ1) is 10.6. The van der Waals surface area contributed by atoms with Gasteiger partial charge in [0.15, 0.2) is 5.82 Å². The van der Waals surface area contributed by atoms with Gasteiger partial charge in [-0.2, -0.15) is 4.98 Å². The maximum Gasteiger partial charge on any atom is 0.269 e. The monoisotopic (exact) mass is 312 g/mol. The van der Waals surface area contributed by atoms with E-state index >= 15 is 0 Å². The molecule has 3 aromatic rings. The number of hydrogen-bond acceptors (Lipinski definition) is 4. The van der Waals surface area contributed by atoms with Crippen LogP contribution in [0.2, 0.25) is 5.28 Å². The van der Waals surface area contributed by atoms with Crippen LogP contribution < -0.4 is 10.9 Å². The third-order valence-electron chi connectivity index (χ3n) is 3.15. The summed E-state index contributed by atoms with van der Waals surface area (Å²) in [5, 5.41) is 0.908. The van der Waals surface area contributed by atoms with Crippen molar-refractivity contribution in [1.82, 2.24) is 15.4 Å². The van der Waals surface area contributed by atoms with Crippen molar-refractivity contribution in [1.29, 1.82) is 0 Å². The van der Waals surface area contributed by atoms with E-state index in [1.807, 2.05) is 31.2 Å². The molecule has 0 bridgehead atoms. The van der Waals surface area contributed by atoms with Crippen LogP contribution in [0.15, 0.2) is 48.5 Å². The van der Waals surface area contributed by atoms with Gasteiger partial charge in [0.1, 0.15) is 0 Å². The van der Waals surface area contributed by atoms with Gasteiger partial charge in [-0.1, -0.05) is 29.8 Å². The Bertz CT molecular complexity index is 836. The van der Waals surface area contributed by atoms with Crippen molar-refractivity contribution in [2.24, 2.45) is 0 Å². The smallest absolute Gasteiger partial charge is 0.269 e. The third-order valence-corrected chi connectivity index (χ3v) is 3.32. The van der Waals surface area contributed by atoms with E-state index in [0.29, 0.717) is 16.9 Å². The van der Waals surface area contributed by atoms with Gasteiger partial charge in [-0.3, -0.25) is 15.6 Å². The van der Waals surface area contributed by atoms with Gasteiger partial charge in [-0.05, 0) is 42.8 Å². The second-order valence-corrected chi connectivity index (χ2v) is 5.15. The lowest BCUT2D eigenvalue weighted by Crippen LogP contribution is -2.30. The van der Waals surface area contributed by atoms with Crippen molar-refractivity contribution >= 4 is 34.2 Å². The molecule has 0 aliphatic carbocycles. The summed E-state index contributed by atoms with van der Waals surface area (Å²) in [5.41, 5.74) is 7.76. The van der Waals surface area contributed by atoms with E-state index in [0.717, 1.165) is 10.9 Å². The van der Waals surface area contributed by atoms with E-state index in [2.05, 4.69) is 20.8 Å². The molecule has 1 amide bonds. The topological polar surface area (TPSA) is 66.9 Å². The molecule has 0 aliphatic heterocycles. The second-order valence-electron chi connectivity index (χ2n) is 4.81. The molecular weight excluding hydrogens is 300 g/mol. The molecule has 1 heterocycles. The number of fused-ring (bicyclic) bond motifs is 1. The van der Waals surface area contributed by atoms with Crippen molar-refractivity contribution in [3.05, 3.63) is 64.9 Å². The van der Waals surface area contributed by atoms with Crippen molar-refractivity contribution in [2.75, 3.05) is 5.43 Å². The molecule has 5 nitrogen and oxygen atoms in total. The summed E-state index contributed by atoms with van der Waals surface area (Å²) >= 11 is 5.92. The molecule has 0 spiro atoms. The normalized spacial score (nSPS) is 10.5. The molecule has 0 fully saturated rings. The van der Waals surface area contributed by atoms with Crippen LogP contribution in [0.5, 0.6) is 0 Å². The molecule has 3 rings (SSSR count). The minimum atomic E-state index is -0.254. The maximum absolute atomic E-state index is 12.1. The molecule has 0 saturated carbocycles. The molecule has 2 aromatic carbocycles. The number of aromatic nitrogens is 2. The number of amides is 1. The lowest BCUT2D eigenvalue weighted by molar-refractivity contribution is 0.0962. The highest BCUT2D eigenvalue weighted by Gasteiger charge is 2.09. The van der Waals surface area contributed by atoms with Crippen LogP contribution in [0.4, 0.5) is 5.82 Å². The number of carbonyl (C=O) groups excluding carboxylic acids is 1. The van der Waals surface area contributed by atoms with E-state index in [9.17, 15) is 4.79 Å². The van der Waals surface area contributed by atoms with Crippen LogP contribution in [0.3, 0.4) is 0 Å². The van der Waals surface area contributed by atoms with Crippen molar-refractivity contribution in [2.45, 2.75) is 6.92 Å². The highest BCUT2D eigenvalue weighted by atomic mass is 35.5. The Morgan fingerprint density at radius 2 is 1.86 bits per heavy atom. The van der Waals surface area contributed by atoms with Gasteiger partial charge in [0.05, 0.1) is 5.52 Å². The first-order valence-corrected chi connectivity index (χ1v) is 7.06. The predicted molar refractivity (Wildman–Crippen MR) is 86.8 cm³/mol. The lowest BCUT2D eigenvalue weighted by Gasteiger charge is -2.11. The zero-order valence-corrected chi connectivity index (χ0v) is 12.6. The Hall–Kier alpha value is -2.66. The van der Waals surface area contributed by atoms with Crippen LogP contribution in [0.25, 0.3) is 10.9 Å². The first kappa shape index (κ1) is 14.3. The number of aryl methyl sites for hydroxylation is 1. The Morgan fingerprint density at radius 1 is 1.09 bits per heavy atom. The Balaban J connectivity index is 1.87. The number of hydrazine groups is 1. The summed E-state index contributed by atoms with van der Waals surface area (Å²) in [6.45, 7) is 1.97. The number of nitrogens with one attached hydrogen (secondary N) is 2. The van der Waals surface area contributed by atoms with Gasteiger partial charge in [-0.15, -0.1) is 0 Å². The molecule has 0 unspecified atom stereocenters. The van der Waals surface area contributed by atoms with Crippen molar-refractivity contribution < 1.29 is 4.79 Å². The summed E-state index contributed by atoms with van der Waals surface area (Å²) in [5.74, 6) is 0.208. The number of rotatable bonds is 3. The van der Waals surface area contributed by atoms with Gasteiger partial charge in [0.25, 0.3) is 5.91 Å². The quantitative estimate of drug-likeness (QED) is 0.575. The van der Waals surface area contributed by atoms with E-state index in [1.165, 1.54) is 0 Å². The average molecular weight is 313 g/mol. The Kier molecular flexibility index (Phi) is 3.89. The minimum Gasteiger partial charge on any atom is -0.281 e. The number of halogens is 1. The van der Waals surface area contributed by atoms with Crippen LogP contribution in [0.1, 0.15) is 15.9 Å². The lowest BCUT2D eigenvalue weighted by atomic mass is 10.1. The maximum atomic E-state index is 12.1. The molecule has 0 atom stereocenters. The highest BCUT2D eigenvalue weighted by molar-refractivity contribution is 6.28. The fourth-order valence-corrected chi connectivity index (χ4v) is 2.26. The summed E-state index contributed by atoms with van der Waals surface area (Å²) in [7, 11) is 0. The first-order valence-electron chi connectivity index (χ1n) is 6.69. The average Bonchev–Trinajstić information content (AvgIpc) is 2.53. The fraction of sp³-hybridized carbons (Fsp3) is 0.0625. The van der Waals surface area contributed by atoms with Crippen LogP contribution in [-0.2, 0) is 0 Å². The van der Waals surface area contributed by atoms with E-state index in [4.69, 9.17) is 11.6 Å². The zero-order valence-electron chi connectivity index (χ0n) is 11.8. The molecule has 6 heteroatoms. The molecule has 2 N–H and O–H groups in total. The van der Waals surface area contributed by atoms with E-state index in [-0.39, 0.29) is 11.2 Å². The summed E-state index contributed by atoms with van der Waals surface area (Å²) in [4.78, 5) is 20.4. The van der Waals surface area contributed by atoms with Crippen LogP contribution >= 0.6 is 11.6 Å². The molecule has 0 radical (unpaired) electrons. The van der Waals surface area contributed by atoms with E-state index in [1.54, 1.807) is 24.3 Å². The zero-order chi connectivity index (χ0) is 15.5. The number of anilines is 1. The molecule has 110 valence electrons. The largest absolute Gasteiger partial charge is 0.281 e. The number of carbonyl (C=O) groups is 1. The molecule has 0 aliphatic rings.